The van der Waals surface area contributed by atoms with Crippen LogP contribution in [0.3, 0.4) is 0 Å². The first kappa shape index (κ1) is 16.0. The zero-order valence-corrected chi connectivity index (χ0v) is 14.3. The topological polar surface area (TPSA) is 92.1 Å². The number of nitrogens with zero attached hydrogens (tertiary/aromatic N) is 3. The summed E-state index contributed by atoms with van der Waals surface area (Å²) in [6.07, 6.45) is 3.20. The first-order chi connectivity index (χ1) is 11.5. The summed E-state index contributed by atoms with van der Waals surface area (Å²) in [4.78, 5) is 17.1. The van der Waals surface area contributed by atoms with Gasteiger partial charge in [-0.15, -0.1) is 0 Å². The number of amides is 1. The average Bonchev–Trinajstić information content (AvgIpc) is 3.18. The summed E-state index contributed by atoms with van der Waals surface area (Å²) in [6.45, 7) is 3.64. The summed E-state index contributed by atoms with van der Waals surface area (Å²) < 4.78 is 1.68. The van der Waals surface area contributed by atoms with Gasteiger partial charge in [0, 0.05) is 18.7 Å². The molecule has 0 atom stereocenters. The van der Waals surface area contributed by atoms with Crippen LogP contribution in [0.15, 0.2) is 30.6 Å². The number of hydrogen-bond donors (Lipinski definition) is 3. The van der Waals surface area contributed by atoms with Crippen LogP contribution >= 0.6 is 11.3 Å². The number of phenols is 1. The summed E-state index contributed by atoms with van der Waals surface area (Å²) in [5.74, 6) is 0.678. The lowest BCUT2D eigenvalue weighted by molar-refractivity contribution is 0.103. The number of nitrogens with one attached hydrogen (secondary N) is 2. The van der Waals surface area contributed by atoms with Gasteiger partial charge in [0.1, 0.15) is 16.4 Å². The Morgan fingerprint density at radius 1 is 1.29 bits per heavy atom. The molecule has 0 aliphatic carbocycles. The van der Waals surface area contributed by atoms with Gasteiger partial charge < -0.3 is 15.7 Å². The first-order valence-corrected chi connectivity index (χ1v) is 8.08. The quantitative estimate of drug-likeness (QED) is 0.676. The van der Waals surface area contributed by atoms with Gasteiger partial charge in [-0.3, -0.25) is 9.48 Å². The number of aromatic nitrogens is 3. The molecule has 0 bridgehead atoms. The Kier molecular flexibility index (Phi) is 4.22. The summed E-state index contributed by atoms with van der Waals surface area (Å²) in [5, 5.41) is 20.4. The van der Waals surface area contributed by atoms with Gasteiger partial charge in [-0.25, -0.2) is 4.98 Å². The van der Waals surface area contributed by atoms with Gasteiger partial charge >= 0.3 is 0 Å². The molecule has 2 aromatic heterocycles. The summed E-state index contributed by atoms with van der Waals surface area (Å²) >= 11 is 1.25. The maximum absolute atomic E-state index is 12.4. The molecular formula is C16H17N5O2S. The summed E-state index contributed by atoms with van der Waals surface area (Å²) in [7, 11) is 1.82. The number of carbonyl (C=O) groups excluding carboxylic acids is 1. The van der Waals surface area contributed by atoms with Crippen LogP contribution < -0.4 is 10.6 Å². The van der Waals surface area contributed by atoms with Gasteiger partial charge in [0.25, 0.3) is 5.91 Å². The maximum atomic E-state index is 12.4. The highest BCUT2D eigenvalue weighted by molar-refractivity contribution is 7.17. The monoisotopic (exact) mass is 343 g/mol. The van der Waals surface area contributed by atoms with E-state index in [9.17, 15) is 9.90 Å². The number of anilines is 3. The third-order valence-electron chi connectivity index (χ3n) is 3.67. The minimum absolute atomic E-state index is 0.152. The van der Waals surface area contributed by atoms with Crippen molar-refractivity contribution >= 4 is 33.9 Å². The van der Waals surface area contributed by atoms with E-state index in [2.05, 4.69) is 20.7 Å². The Bertz CT molecular complexity index is 900. The normalized spacial score (nSPS) is 10.6. The molecule has 7 nitrogen and oxygen atoms in total. The number of thiazole rings is 1. The van der Waals surface area contributed by atoms with E-state index in [4.69, 9.17) is 0 Å². The van der Waals surface area contributed by atoms with Crippen LogP contribution in [0, 0.1) is 13.8 Å². The lowest BCUT2D eigenvalue weighted by Gasteiger charge is -2.11. The number of carbonyl (C=O) groups is 1. The van der Waals surface area contributed by atoms with Gasteiger partial charge in [0.05, 0.1) is 18.1 Å². The van der Waals surface area contributed by atoms with Gasteiger partial charge in [-0.1, -0.05) is 17.4 Å². The predicted octanol–water partition coefficient (Wildman–Crippen LogP) is 3.19. The van der Waals surface area contributed by atoms with Crippen molar-refractivity contribution < 1.29 is 9.90 Å². The Hall–Kier alpha value is -2.87. The number of phenolic OH excluding ortho intramolecular Hbond substituents is 1. The molecule has 3 rings (SSSR count). The molecule has 0 saturated carbocycles. The molecule has 8 heteroatoms. The third-order valence-corrected chi connectivity index (χ3v) is 4.58. The van der Waals surface area contributed by atoms with Gasteiger partial charge in [-0.2, -0.15) is 5.10 Å². The molecule has 0 spiro atoms. The zero-order valence-electron chi connectivity index (χ0n) is 13.5. The molecule has 0 aliphatic heterocycles. The molecule has 0 unspecified atom stereocenters. The fourth-order valence-corrected chi connectivity index (χ4v) is 2.97. The standard InChI is InChI=1S/C16H17N5O2S/c1-9-4-5-11(22)10(2)14(9)20-15(23)12-8-17-16(24-12)19-13-6-7-18-21(13)3/h4-8,22H,1-3H3,(H,17,19)(H,20,23). The van der Waals surface area contributed by atoms with Crippen molar-refractivity contribution in [3.8, 4) is 5.75 Å². The Labute approximate surface area is 143 Å². The second-order valence-electron chi connectivity index (χ2n) is 5.35. The maximum Gasteiger partial charge on any atom is 0.267 e. The van der Waals surface area contributed by atoms with Crippen LogP contribution in [0.1, 0.15) is 20.8 Å². The molecular weight excluding hydrogens is 326 g/mol. The van der Waals surface area contributed by atoms with Crippen molar-refractivity contribution in [2.45, 2.75) is 13.8 Å². The minimum Gasteiger partial charge on any atom is -0.508 e. The number of aromatic hydroxyl groups is 1. The molecule has 2 heterocycles. The highest BCUT2D eigenvalue weighted by atomic mass is 32.1. The first-order valence-electron chi connectivity index (χ1n) is 7.27. The van der Waals surface area contributed by atoms with Crippen molar-refractivity contribution in [3.63, 3.8) is 0 Å². The lowest BCUT2D eigenvalue weighted by Crippen LogP contribution is -2.12. The molecule has 0 aliphatic rings. The van der Waals surface area contributed by atoms with Crippen molar-refractivity contribution in [2.24, 2.45) is 7.05 Å². The molecule has 1 aromatic carbocycles. The Morgan fingerprint density at radius 3 is 2.79 bits per heavy atom. The second kappa shape index (κ2) is 6.32. The molecule has 1 amide bonds. The van der Waals surface area contributed by atoms with Crippen LogP contribution in [-0.2, 0) is 7.05 Å². The number of rotatable bonds is 4. The van der Waals surface area contributed by atoms with E-state index in [0.717, 1.165) is 11.4 Å². The van der Waals surface area contributed by atoms with E-state index in [1.54, 1.807) is 29.9 Å². The van der Waals surface area contributed by atoms with E-state index in [-0.39, 0.29) is 11.7 Å². The van der Waals surface area contributed by atoms with E-state index < -0.39 is 0 Å². The van der Waals surface area contributed by atoms with E-state index >= 15 is 0 Å². The lowest BCUT2D eigenvalue weighted by atomic mass is 10.1. The SMILES string of the molecule is Cc1ccc(O)c(C)c1NC(=O)c1cnc(Nc2ccnn2C)s1. The number of benzene rings is 1. The summed E-state index contributed by atoms with van der Waals surface area (Å²) in [6, 6.07) is 5.20. The fraction of sp³-hybridized carbons (Fsp3) is 0.188. The predicted molar refractivity (Wildman–Crippen MR) is 94.1 cm³/mol. The van der Waals surface area contributed by atoms with Crippen LogP contribution in [0.5, 0.6) is 5.75 Å². The summed E-state index contributed by atoms with van der Waals surface area (Å²) in [5.41, 5.74) is 2.15. The van der Waals surface area contributed by atoms with Crippen LogP contribution in [-0.4, -0.2) is 25.8 Å². The van der Waals surface area contributed by atoms with Crippen LogP contribution in [0.25, 0.3) is 0 Å². The number of hydrogen-bond acceptors (Lipinski definition) is 6. The molecule has 3 aromatic rings. The van der Waals surface area contributed by atoms with E-state index in [1.807, 2.05) is 20.0 Å². The second-order valence-corrected chi connectivity index (χ2v) is 6.38. The van der Waals surface area contributed by atoms with Crippen LogP contribution in [0.2, 0.25) is 0 Å². The van der Waals surface area contributed by atoms with E-state index in [1.165, 1.54) is 17.5 Å². The van der Waals surface area contributed by atoms with E-state index in [0.29, 0.717) is 21.3 Å². The largest absolute Gasteiger partial charge is 0.508 e. The molecule has 0 radical (unpaired) electrons. The van der Waals surface area contributed by atoms with Gasteiger partial charge in [-0.05, 0) is 25.5 Å². The fourth-order valence-electron chi connectivity index (χ4n) is 2.25. The minimum atomic E-state index is -0.262. The van der Waals surface area contributed by atoms with Crippen LogP contribution in [0.4, 0.5) is 16.6 Å². The highest BCUT2D eigenvalue weighted by Gasteiger charge is 2.15. The zero-order chi connectivity index (χ0) is 17.3. The average molecular weight is 343 g/mol. The van der Waals surface area contributed by atoms with Gasteiger partial charge in [0.2, 0.25) is 0 Å². The van der Waals surface area contributed by atoms with Crippen molar-refractivity contribution in [1.29, 1.82) is 0 Å². The smallest absolute Gasteiger partial charge is 0.267 e. The molecule has 24 heavy (non-hydrogen) atoms. The van der Waals surface area contributed by atoms with Crippen molar-refractivity contribution in [3.05, 3.63) is 46.6 Å². The van der Waals surface area contributed by atoms with Crippen molar-refractivity contribution in [1.82, 2.24) is 14.8 Å². The molecule has 3 N–H and O–H groups in total. The Balaban J connectivity index is 1.77. The molecule has 124 valence electrons. The number of aryl methyl sites for hydroxylation is 2. The third kappa shape index (κ3) is 3.09. The Morgan fingerprint density at radius 2 is 2.08 bits per heavy atom. The van der Waals surface area contributed by atoms with Crippen molar-refractivity contribution in [2.75, 3.05) is 10.6 Å². The van der Waals surface area contributed by atoms with Gasteiger partial charge in [0.15, 0.2) is 5.13 Å². The molecule has 0 fully saturated rings. The highest BCUT2D eigenvalue weighted by Crippen LogP contribution is 2.29. The molecule has 0 saturated heterocycles.